The van der Waals surface area contributed by atoms with Gasteiger partial charge in [0.15, 0.2) is 0 Å². The fraction of sp³-hybridized carbons (Fsp3) is 0.417. The Balaban J connectivity index is 2.86. The standard InChI is InChI=1S/C12H17ClN2O2/c1-8-5-9(13)6-10(12(8)17-4)14-7-11(16)15(2)3/h5-6,14H,7H2,1-4H3. The van der Waals surface area contributed by atoms with E-state index in [-0.39, 0.29) is 12.5 Å². The van der Waals surface area contributed by atoms with Crippen molar-refractivity contribution in [2.75, 3.05) is 33.1 Å². The van der Waals surface area contributed by atoms with Gasteiger partial charge in [0.05, 0.1) is 19.3 Å². The van der Waals surface area contributed by atoms with E-state index in [9.17, 15) is 4.79 Å². The van der Waals surface area contributed by atoms with Crippen molar-refractivity contribution in [3.05, 3.63) is 22.7 Å². The van der Waals surface area contributed by atoms with Gasteiger partial charge in [0.25, 0.3) is 0 Å². The number of carbonyl (C=O) groups excluding carboxylic acids is 1. The van der Waals surface area contributed by atoms with Crippen molar-refractivity contribution in [2.45, 2.75) is 6.92 Å². The second kappa shape index (κ2) is 5.77. The Kier molecular flexibility index (Phi) is 4.63. The Morgan fingerprint density at radius 2 is 2.12 bits per heavy atom. The Bertz CT molecular complexity index is 419. The predicted molar refractivity (Wildman–Crippen MR) is 69.9 cm³/mol. The molecule has 0 aliphatic rings. The van der Waals surface area contributed by atoms with Crippen molar-refractivity contribution in [2.24, 2.45) is 0 Å². The SMILES string of the molecule is COc1c(C)cc(Cl)cc1NCC(=O)N(C)C. The molecule has 0 saturated heterocycles. The van der Waals surface area contributed by atoms with E-state index >= 15 is 0 Å². The van der Waals surface area contributed by atoms with Gasteiger partial charge < -0.3 is 15.0 Å². The first kappa shape index (κ1) is 13.6. The van der Waals surface area contributed by atoms with Gasteiger partial charge in [0.2, 0.25) is 5.91 Å². The van der Waals surface area contributed by atoms with Crippen LogP contribution < -0.4 is 10.1 Å². The minimum Gasteiger partial charge on any atom is -0.494 e. The van der Waals surface area contributed by atoms with Crippen LogP contribution in [0.15, 0.2) is 12.1 Å². The molecule has 0 spiro atoms. The Labute approximate surface area is 107 Å². The third-order valence-electron chi connectivity index (χ3n) is 2.37. The fourth-order valence-electron chi connectivity index (χ4n) is 1.46. The molecule has 1 N–H and O–H groups in total. The third-order valence-corrected chi connectivity index (χ3v) is 2.59. The van der Waals surface area contributed by atoms with Crippen molar-refractivity contribution < 1.29 is 9.53 Å². The summed E-state index contributed by atoms with van der Waals surface area (Å²) in [5, 5.41) is 3.64. The number of ether oxygens (including phenoxy) is 1. The molecule has 0 aliphatic carbocycles. The molecule has 17 heavy (non-hydrogen) atoms. The van der Waals surface area contributed by atoms with Crippen LogP contribution in [0.1, 0.15) is 5.56 Å². The van der Waals surface area contributed by atoms with Gasteiger partial charge in [0, 0.05) is 19.1 Å². The number of nitrogens with one attached hydrogen (secondary N) is 1. The van der Waals surface area contributed by atoms with Crippen LogP contribution in [0.5, 0.6) is 5.75 Å². The van der Waals surface area contributed by atoms with E-state index in [1.54, 1.807) is 27.3 Å². The quantitative estimate of drug-likeness (QED) is 0.898. The van der Waals surface area contributed by atoms with Gasteiger partial charge in [-0.15, -0.1) is 0 Å². The van der Waals surface area contributed by atoms with E-state index in [2.05, 4.69) is 5.32 Å². The lowest BCUT2D eigenvalue weighted by Gasteiger charge is -2.15. The van der Waals surface area contributed by atoms with Crippen LogP contribution in [0.4, 0.5) is 5.69 Å². The minimum absolute atomic E-state index is 0.00955. The molecule has 1 amide bonds. The molecule has 0 aromatic heterocycles. The number of methoxy groups -OCH3 is 1. The number of amides is 1. The average molecular weight is 257 g/mol. The van der Waals surface area contributed by atoms with Crippen LogP contribution in [-0.4, -0.2) is 38.6 Å². The van der Waals surface area contributed by atoms with Crippen LogP contribution in [0.2, 0.25) is 5.02 Å². The normalized spacial score (nSPS) is 9.94. The summed E-state index contributed by atoms with van der Waals surface area (Å²) in [5.74, 6) is 0.700. The number of benzene rings is 1. The van der Waals surface area contributed by atoms with E-state index in [0.717, 1.165) is 11.3 Å². The number of aryl methyl sites for hydroxylation is 1. The first-order chi connectivity index (χ1) is 7.95. The highest BCUT2D eigenvalue weighted by molar-refractivity contribution is 6.31. The molecule has 0 bridgehead atoms. The average Bonchev–Trinajstić information content (AvgIpc) is 2.24. The largest absolute Gasteiger partial charge is 0.494 e. The molecule has 0 heterocycles. The summed E-state index contributed by atoms with van der Waals surface area (Å²) in [6, 6.07) is 3.57. The number of nitrogens with zero attached hydrogens (tertiary/aromatic N) is 1. The zero-order valence-corrected chi connectivity index (χ0v) is 11.3. The fourth-order valence-corrected chi connectivity index (χ4v) is 1.73. The van der Waals surface area contributed by atoms with Gasteiger partial charge in [0.1, 0.15) is 5.75 Å². The van der Waals surface area contributed by atoms with Gasteiger partial charge in [-0.25, -0.2) is 0 Å². The number of anilines is 1. The topological polar surface area (TPSA) is 41.6 Å². The molecule has 0 unspecified atom stereocenters. The molecule has 0 fully saturated rings. The summed E-state index contributed by atoms with van der Waals surface area (Å²) in [4.78, 5) is 13.0. The number of hydrogen-bond donors (Lipinski definition) is 1. The maximum Gasteiger partial charge on any atom is 0.241 e. The molecule has 1 aromatic rings. The van der Waals surface area contributed by atoms with E-state index in [0.29, 0.717) is 10.8 Å². The first-order valence-electron chi connectivity index (χ1n) is 5.24. The summed E-state index contributed by atoms with van der Waals surface area (Å²) in [6.07, 6.45) is 0. The van der Waals surface area contributed by atoms with Crippen LogP contribution in [-0.2, 0) is 4.79 Å². The van der Waals surface area contributed by atoms with E-state index < -0.39 is 0 Å². The molecule has 94 valence electrons. The lowest BCUT2D eigenvalue weighted by atomic mass is 10.2. The Morgan fingerprint density at radius 1 is 1.47 bits per heavy atom. The maximum atomic E-state index is 11.5. The van der Waals surface area contributed by atoms with Crippen LogP contribution in [0, 0.1) is 6.92 Å². The van der Waals surface area contributed by atoms with Gasteiger partial charge >= 0.3 is 0 Å². The molecule has 0 saturated carbocycles. The molecule has 0 aliphatic heterocycles. The number of carbonyl (C=O) groups is 1. The molecular formula is C12H17ClN2O2. The molecule has 4 nitrogen and oxygen atoms in total. The molecule has 0 atom stereocenters. The van der Waals surface area contributed by atoms with Crippen molar-refractivity contribution in [3.63, 3.8) is 0 Å². The van der Waals surface area contributed by atoms with E-state index in [1.165, 1.54) is 4.90 Å². The highest BCUT2D eigenvalue weighted by Crippen LogP contribution is 2.31. The number of hydrogen-bond acceptors (Lipinski definition) is 3. The van der Waals surface area contributed by atoms with Crippen LogP contribution in [0.25, 0.3) is 0 Å². The van der Waals surface area contributed by atoms with Crippen molar-refractivity contribution in [1.29, 1.82) is 0 Å². The highest BCUT2D eigenvalue weighted by atomic mass is 35.5. The van der Waals surface area contributed by atoms with Crippen LogP contribution >= 0.6 is 11.6 Å². The lowest BCUT2D eigenvalue weighted by Crippen LogP contribution is -2.28. The summed E-state index contributed by atoms with van der Waals surface area (Å²) >= 11 is 5.97. The smallest absolute Gasteiger partial charge is 0.241 e. The van der Waals surface area contributed by atoms with E-state index in [1.807, 2.05) is 13.0 Å². The number of halogens is 1. The molecule has 1 aromatic carbocycles. The van der Waals surface area contributed by atoms with Gasteiger partial charge in [-0.2, -0.15) is 0 Å². The number of rotatable bonds is 4. The first-order valence-corrected chi connectivity index (χ1v) is 5.61. The summed E-state index contributed by atoms with van der Waals surface area (Å²) in [5.41, 5.74) is 1.66. The molecular weight excluding hydrogens is 240 g/mol. The van der Waals surface area contributed by atoms with Gasteiger partial charge in [-0.1, -0.05) is 11.6 Å². The minimum atomic E-state index is -0.00955. The highest BCUT2D eigenvalue weighted by Gasteiger charge is 2.10. The van der Waals surface area contributed by atoms with Crippen molar-refractivity contribution >= 4 is 23.2 Å². The molecule has 0 radical (unpaired) electrons. The molecule has 5 heteroatoms. The monoisotopic (exact) mass is 256 g/mol. The predicted octanol–water partition coefficient (Wildman–Crippen LogP) is 2.16. The zero-order chi connectivity index (χ0) is 13.0. The summed E-state index contributed by atoms with van der Waals surface area (Å²) in [7, 11) is 5.02. The van der Waals surface area contributed by atoms with Gasteiger partial charge in [-0.05, 0) is 24.6 Å². The Morgan fingerprint density at radius 3 is 2.65 bits per heavy atom. The summed E-state index contributed by atoms with van der Waals surface area (Å²) in [6.45, 7) is 2.12. The van der Waals surface area contributed by atoms with E-state index in [4.69, 9.17) is 16.3 Å². The zero-order valence-electron chi connectivity index (χ0n) is 10.5. The molecule has 1 rings (SSSR count). The lowest BCUT2D eigenvalue weighted by molar-refractivity contribution is -0.126. The second-order valence-corrected chi connectivity index (χ2v) is 4.38. The van der Waals surface area contributed by atoms with Crippen molar-refractivity contribution in [3.8, 4) is 5.75 Å². The van der Waals surface area contributed by atoms with Crippen LogP contribution in [0.3, 0.4) is 0 Å². The third kappa shape index (κ3) is 3.53. The van der Waals surface area contributed by atoms with Crippen molar-refractivity contribution in [1.82, 2.24) is 4.90 Å². The Hall–Kier alpha value is -1.42. The summed E-state index contributed by atoms with van der Waals surface area (Å²) < 4.78 is 5.28. The maximum absolute atomic E-state index is 11.5. The number of likely N-dealkylation sites (N-methyl/N-ethyl adjacent to an activating group) is 1. The second-order valence-electron chi connectivity index (χ2n) is 3.95. The van der Waals surface area contributed by atoms with Gasteiger partial charge in [-0.3, -0.25) is 4.79 Å².